The number of ether oxygens (including phenoxy) is 2. The summed E-state index contributed by atoms with van der Waals surface area (Å²) in [6, 6.07) is 6.61. The molecule has 1 aliphatic heterocycles. The van der Waals surface area contributed by atoms with Gasteiger partial charge in [0.1, 0.15) is 0 Å². The number of carbonyl (C=O) groups excluding carboxylic acids is 1. The number of sulfonamides is 1. The van der Waals surface area contributed by atoms with Gasteiger partial charge in [-0.25, -0.2) is 8.42 Å². The number of nitrogens with zero attached hydrogens (tertiary/aromatic N) is 1. The number of nitrogens with one attached hydrogen (secondary N) is 1. The Morgan fingerprint density at radius 1 is 1.30 bits per heavy atom. The van der Waals surface area contributed by atoms with Crippen LogP contribution in [-0.4, -0.2) is 53.7 Å². The highest BCUT2D eigenvalue weighted by atomic mass is 32.2. The van der Waals surface area contributed by atoms with Gasteiger partial charge in [-0.05, 0) is 31.0 Å². The maximum absolute atomic E-state index is 12.2. The van der Waals surface area contributed by atoms with E-state index in [4.69, 9.17) is 9.47 Å². The summed E-state index contributed by atoms with van der Waals surface area (Å²) in [5.41, 5.74) is 0.918. The molecule has 0 atom stereocenters. The third-order valence-corrected chi connectivity index (χ3v) is 5.57. The Labute approximate surface area is 136 Å². The third kappa shape index (κ3) is 4.43. The van der Waals surface area contributed by atoms with Gasteiger partial charge in [0.2, 0.25) is 10.0 Å². The van der Waals surface area contributed by atoms with Crippen LogP contribution in [-0.2, 0) is 19.5 Å². The molecule has 1 aromatic carbocycles. The minimum Gasteiger partial charge on any atom is -0.354 e. The lowest BCUT2D eigenvalue weighted by molar-refractivity contribution is -0.0974. The van der Waals surface area contributed by atoms with Gasteiger partial charge in [0.15, 0.2) is 6.29 Å². The third-order valence-electron chi connectivity index (χ3n) is 3.70. The Bertz CT molecular complexity index is 643. The number of methoxy groups -OCH3 is 2. The second-order valence-electron chi connectivity index (χ2n) is 5.26. The molecule has 8 heteroatoms. The van der Waals surface area contributed by atoms with Crippen molar-refractivity contribution in [3.63, 3.8) is 0 Å². The van der Waals surface area contributed by atoms with E-state index in [1.165, 1.54) is 18.5 Å². The predicted molar refractivity (Wildman–Crippen MR) is 86.9 cm³/mol. The van der Waals surface area contributed by atoms with Crippen molar-refractivity contribution in [3.05, 3.63) is 29.8 Å². The van der Waals surface area contributed by atoms with Gasteiger partial charge in [-0.2, -0.15) is 0 Å². The SMILES string of the molecule is COC(CNC(=O)c1cccc(N2CCCCS2(=O)=O)c1)OC. The summed E-state index contributed by atoms with van der Waals surface area (Å²) in [7, 11) is -0.315. The first-order valence-electron chi connectivity index (χ1n) is 7.42. The molecule has 0 radical (unpaired) electrons. The van der Waals surface area contributed by atoms with Crippen LogP contribution in [0.4, 0.5) is 5.69 Å². The minimum absolute atomic E-state index is 0.146. The van der Waals surface area contributed by atoms with Crippen molar-refractivity contribution >= 4 is 21.6 Å². The first kappa shape index (κ1) is 17.7. The van der Waals surface area contributed by atoms with Crippen molar-refractivity contribution in [2.24, 2.45) is 0 Å². The number of anilines is 1. The second-order valence-corrected chi connectivity index (χ2v) is 7.27. The molecule has 128 valence electrons. The van der Waals surface area contributed by atoms with Crippen molar-refractivity contribution in [2.45, 2.75) is 19.1 Å². The van der Waals surface area contributed by atoms with E-state index < -0.39 is 16.3 Å². The molecular weight excluding hydrogens is 320 g/mol. The number of carbonyl (C=O) groups is 1. The molecule has 23 heavy (non-hydrogen) atoms. The normalized spacial score (nSPS) is 17.3. The highest BCUT2D eigenvalue weighted by Gasteiger charge is 2.26. The first-order chi connectivity index (χ1) is 11.0. The summed E-state index contributed by atoms with van der Waals surface area (Å²) < 4.78 is 35.7. The molecule has 0 bridgehead atoms. The summed E-state index contributed by atoms with van der Waals surface area (Å²) in [6.07, 6.45) is 0.970. The fourth-order valence-electron chi connectivity index (χ4n) is 2.42. The fraction of sp³-hybridized carbons (Fsp3) is 0.533. The molecule has 1 fully saturated rings. The van der Waals surface area contributed by atoms with E-state index in [1.807, 2.05) is 0 Å². The summed E-state index contributed by atoms with van der Waals surface area (Å²) in [4.78, 5) is 12.2. The Balaban J connectivity index is 2.11. The highest BCUT2D eigenvalue weighted by Crippen LogP contribution is 2.24. The molecule has 0 aromatic heterocycles. The molecule has 7 nitrogen and oxygen atoms in total. The van der Waals surface area contributed by atoms with Crippen molar-refractivity contribution in [1.82, 2.24) is 5.32 Å². The standard InChI is InChI=1S/C15H22N2O5S/c1-21-14(22-2)11-16-15(18)12-6-5-7-13(10-12)17-8-3-4-9-23(17,19)20/h5-7,10,14H,3-4,8-9,11H2,1-2H3,(H,16,18). The van der Waals surface area contributed by atoms with Gasteiger partial charge < -0.3 is 14.8 Å². The van der Waals surface area contributed by atoms with Crippen LogP contribution in [0.25, 0.3) is 0 Å². The van der Waals surface area contributed by atoms with E-state index in [0.29, 0.717) is 24.2 Å². The molecule has 0 unspecified atom stereocenters. The molecule has 1 N–H and O–H groups in total. The lowest BCUT2D eigenvalue weighted by Gasteiger charge is -2.28. The lowest BCUT2D eigenvalue weighted by Crippen LogP contribution is -2.38. The molecule has 0 saturated carbocycles. The Morgan fingerprint density at radius 3 is 2.70 bits per heavy atom. The number of rotatable bonds is 6. The van der Waals surface area contributed by atoms with Gasteiger partial charge >= 0.3 is 0 Å². The molecule has 1 heterocycles. The van der Waals surface area contributed by atoms with Crippen LogP contribution in [0.1, 0.15) is 23.2 Å². The molecule has 0 spiro atoms. The Kier molecular flexibility index (Phi) is 5.97. The highest BCUT2D eigenvalue weighted by molar-refractivity contribution is 7.92. The van der Waals surface area contributed by atoms with Crippen molar-refractivity contribution in [1.29, 1.82) is 0 Å². The van der Waals surface area contributed by atoms with Crippen LogP contribution in [0.3, 0.4) is 0 Å². The maximum Gasteiger partial charge on any atom is 0.251 e. The summed E-state index contributed by atoms with van der Waals surface area (Å²) in [6.45, 7) is 0.654. The lowest BCUT2D eigenvalue weighted by atomic mass is 10.2. The van der Waals surface area contributed by atoms with E-state index in [9.17, 15) is 13.2 Å². The van der Waals surface area contributed by atoms with Crippen LogP contribution < -0.4 is 9.62 Å². The van der Waals surface area contributed by atoms with Crippen LogP contribution in [0.5, 0.6) is 0 Å². The second kappa shape index (κ2) is 7.76. The van der Waals surface area contributed by atoms with E-state index in [1.54, 1.807) is 24.3 Å². The Hall–Kier alpha value is -1.64. The van der Waals surface area contributed by atoms with Crippen LogP contribution in [0, 0.1) is 0 Å². The topological polar surface area (TPSA) is 84.9 Å². The van der Waals surface area contributed by atoms with Gasteiger partial charge in [-0.3, -0.25) is 9.10 Å². The average Bonchev–Trinajstić information content (AvgIpc) is 2.55. The average molecular weight is 342 g/mol. The fourth-order valence-corrected chi connectivity index (χ4v) is 4.05. The van der Waals surface area contributed by atoms with Crippen LogP contribution in [0.15, 0.2) is 24.3 Å². The molecule has 1 amide bonds. The zero-order valence-electron chi connectivity index (χ0n) is 13.3. The smallest absolute Gasteiger partial charge is 0.251 e. The molecule has 1 aliphatic rings. The number of benzene rings is 1. The van der Waals surface area contributed by atoms with Gasteiger partial charge in [-0.15, -0.1) is 0 Å². The first-order valence-corrected chi connectivity index (χ1v) is 9.03. The monoisotopic (exact) mass is 342 g/mol. The molecule has 1 saturated heterocycles. The van der Waals surface area contributed by atoms with Crippen LogP contribution >= 0.6 is 0 Å². The summed E-state index contributed by atoms with van der Waals surface area (Å²) in [5, 5.41) is 2.69. The maximum atomic E-state index is 12.2. The van der Waals surface area contributed by atoms with Crippen LogP contribution in [0.2, 0.25) is 0 Å². The molecule has 1 aromatic rings. The molecule has 2 rings (SSSR count). The van der Waals surface area contributed by atoms with Gasteiger partial charge in [0, 0.05) is 26.3 Å². The van der Waals surface area contributed by atoms with E-state index in [-0.39, 0.29) is 18.2 Å². The van der Waals surface area contributed by atoms with Gasteiger partial charge in [-0.1, -0.05) is 6.07 Å². The predicted octanol–water partition coefficient (Wildman–Crippen LogP) is 0.965. The summed E-state index contributed by atoms with van der Waals surface area (Å²) >= 11 is 0. The van der Waals surface area contributed by atoms with E-state index in [0.717, 1.165) is 6.42 Å². The van der Waals surface area contributed by atoms with Gasteiger partial charge in [0.25, 0.3) is 5.91 Å². The minimum atomic E-state index is -3.29. The van der Waals surface area contributed by atoms with E-state index in [2.05, 4.69) is 5.32 Å². The number of hydrogen-bond donors (Lipinski definition) is 1. The van der Waals surface area contributed by atoms with Gasteiger partial charge in [0.05, 0.1) is 18.0 Å². The molecular formula is C15H22N2O5S. The van der Waals surface area contributed by atoms with Crippen molar-refractivity contribution in [2.75, 3.05) is 37.4 Å². The van der Waals surface area contributed by atoms with Crippen molar-refractivity contribution < 1.29 is 22.7 Å². The summed E-state index contributed by atoms with van der Waals surface area (Å²) in [5.74, 6) is -0.160. The zero-order valence-corrected chi connectivity index (χ0v) is 14.1. The van der Waals surface area contributed by atoms with Crippen molar-refractivity contribution in [3.8, 4) is 0 Å². The number of amides is 1. The zero-order chi connectivity index (χ0) is 16.9. The van der Waals surface area contributed by atoms with E-state index >= 15 is 0 Å². The Morgan fingerprint density at radius 2 is 2.04 bits per heavy atom. The molecule has 0 aliphatic carbocycles. The largest absolute Gasteiger partial charge is 0.354 e. The number of hydrogen-bond acceptors (Lipinski definition) is 5. The quantitative estimate of drug-likeness (QED) is 0.779.